The van der Waals surface area contributed by atoms with Gasteiger partial charge in [-0.1, -0.05) is 12.1 Å². The van der Waals surface area contributed by atoms with E-state index in [2.05, 4.69) is 17.9 Å². The lowest BCUT2D eigenvalue weighted by atomic mass is 9.82. The van der Waals surface area contributed by atoms with Gasteiger partial charge in [0.05, 0.1) is 17.7 Å². The number of nitriles is 2. The van der Waals surface area contributed by atoms with Crippen LogP contribution in [0.1, 0.15) is 11.1 Å². The van der Waals surface area contributed by atoms with Gasteiger partial charge in [-0.05, 0) is 17.7 Å². The Morgan fingerprint density at radius 3 is 2.35 bits per heavy atom. The molecule has 0 saturated carbocycles. The van der Waals surface area contributed by atoms with Crippen molar-refractivity contribution in [2.24, 2.45) is 0 Å². The fourth-order valence-corrected chi connectivity index (χ4v) is 1.88. The Balaban J connectivity index is 3.29. The van der Waals surface area contributed by atoms with E-state index in [1.165, 1.54) is 7.05 Å². The third kappa shape index (κ3) is 2.25. The second-order valence-corrected chi connectivity index (χ2v) is 3.76. The van der Waals surface area contributed by atoms with Gasteiger partial charge in [0.15, 0.2) is 5.41 Å². The predicted octanol–water partition coefficient (Wildman–Crippen LogP) is 0.995. The molecule has 86 valence electrons. The molecule has 1 N–H and O–H groups in total. The van der Waals surface area contributed by atoms with E-state index in [4.69, 9.17) is 5.26 Å². The van der Waals surface area contributed by atoms with Crippen LogP contribution in [0.4, 0.5) is 0 Å². The van der Waals surface area contributed by atoms with Crippen molar-refractivity contribution < 1.29 is 4.79 Å². The molecule has 0 radical (unpaired) electrons. The SMILES string of the molecule is CNC(=O)C(C#N)(CS)c1ccc(C#N)cc1. The molecule has 0 aromatic heterocycles. The van der Waals surface area contributed by atoms with Crippen molar-refractivity contribution in [1.82, 2.24) is 5.32 Å². The zero-order valence-electron chi connectivity index (χ0n) is 9.27. The minimum atomic E-state index is -1.31. The molecule has 17 heavy (non-hydrogen) atoms. The maximum Gasteiger partial charge on any atom is 0.245 e. The largest absolute Gasteiger partial charge is 0.357 e. The van der Waals surface area contributed by atoms with Crippen molar-refractivity contribution in [3.8, 4) is 12.1 Å². The molecule has 0 heterocycles. The highest BCUT2D eigenvalue weighted by Gasteiger charge is 2.38. The summed E-state index contributed by atoms with van der Waals surface area (Å²) in [5, 5.41) is 20.4. The number of hydrogen-bond donors (Lipinski definition) is 2. The molecule has 0 spiro atoms. The first kappa shape index (κ1) is 13.1. The molecule has 1 aromatic rings. The van der Waals surface area contributed by atoms with Crippen LogP contribution >= 0.6 is 12.6 Å². The van der Waals surface area contributed by atoms with Gasteiger partial charge < -0.3 is 5.32 Å². The van der Waals surface area contributed by atoms with E-state index in [9.17, 15) is 10.1 Å². The lowest BCUT2D eigenvalue weighted by molar-refractivity contribution is -0.123. The molecule has 1 aromatic carbocycles. The summed E-state index contributed by atoms with van der Waals surface area (Å²) in [4.78, 5) is 11.8. The number of amides is 1. The van der Waals surface area contributed by atoms with Crippen LogP contribution in [-0.4, -0.2) is 18.7 Å². The van der Waals surface area contributed by atoms with E-state index in [1.807, 2.05) is 12.1 Å². The third-order valence-corrected chi connectivity index (χ3v) is 3.02. The first-order valence-electron chi connectivity index (χ1n) is 4.89. The summed E-state index contributed by atoms with van der Waals surface area (Å²) in [6.45, 7) is 0. The number of carbonyl (C=O) groups is 1. The van der Waals surface area contributed by atoms with Crippen LogP contribution in [0, 0.1) is 22.7 Å². The van der Waals surface area contributed by atoms with Crippen LogP contribution in [0.2, 0.25) is 0 Å². The average molecular weight is 245 g/mol. The predicted molar refractivity (Wildman–Crippen MR) is 66.4 cm³/mol. The van der Waals surface area contributed by atoms with Gasteiger partial charge >= 0.3 is 0 Å². The zero-order chi connectivity index (χ0) is 12.9. The number of benzene rings is 1. The molecule has 0 saturated heterocycles. The number of carbonyl (C=O) groups excluding carboxylic acids is 1. The average Bonchev–Trinajstić information content (AvgIpc) is 2.41. The zero-order valence-corrected chi connectivity index (χ0v) is 10.2. The highest BCUT2D eigenvalue weighted by molar-refractivity contribution is 7.80. The molecule has 1 amide bonds. The Morgan fingerprint density at radius 1 is 1.41 bits per heavy atom. The number of hydrogen-bond acceptors (Lipinski definition) is 4. The number of thiol groups is 1. The second kappa shape index (κ2) is 5.38. The maximum absolute atomic E-state index is 11.8. The van der Waals surface area contributed by atoms with E-state index in [-0.39, 0.29) is 5.75 Å². The van der Waals surface area contributed by atoms with Crippen molar-refractivity contribution in [2.45, 2.75) is 5.41 Å². The molecule has 1 unspecified atom stereocenters. The summed E-state index contributed by atoms with van der Waals surface area (Å²) in [6.07, 6.45) is 0. The Labute approximate surface area is 105 Å². The quantitative estimate of drug-likeness (QED) is 0.780. The van der Waals surface area contributed by atoms with Gasteiger partial charge in [0.1, 0.15) is 0 Å². The lowest BCUT2D eigenvalue weighted by Gasteiger charge is -2.22. The maximum atomic E-state index is 11.8. The van der Waals surface area contributed by atoms with E-state index in [1.54, 1.807) is 24.3 Å². The molecule has 5 heteroatoms. The molecule has 0 aliphatic heterocycles. The van der Waals surface area contributed by atoms with Crippen LogP contribution in [0.15, 0.2) is 24.3 Å². The Morgan fingerprint density at radius 2 is 2.00 bits per heavy atom. The molecule has 0 aliphatic rings. The lowest BCUT2D eigenvalue weighted by Crippen LogP contribution is -2.43. The van der Waals surface area contributed by atoms with Gasteiger partial charge in [-0.15, -0.1) is 0 Å². The first-order valence-corrected chi connectivity index (χ1v) is 5.52. The van der Waals surface area contributed by atoms with Crippen LogP contribution in [0.25, 0.3) is 0 Å². The minimum absolute atomic E-state index is 0.0784. The molecular formula is C12H11N3OS. The van der Waals surface area contributed by atoms with Crippen LogP contribution in [0.3, 0.4) is 0 Å². The van der Waals surface area contributed by atoms with Gasteiger partial charge in [-0.3, -0.25) is 4.79 Å². The first-order chi connectivity index (χ1) is 8.14. The van der Waals surface area contributed by atoms with Gasteiger partial charge in [0.2, 0.25) is 5.91 Å². The summed E-state index contributed by atoms with van der Waals surface area (Å²) in [7, 11) is 1.47. The van der Waals surface area contributed by atoms with Crippen molar-refractivity contribution in [3.05, 3.63) is 35.4 Å². The molecule has 0 aliphatic carbocycles. The van der Waals surface area contributed by atoms with E-state index >= 15 is 0 Å². The van der Waals surface area contributed by atoms with E-state index in [0.717, 1.165) is 0 Å². The van der Waals surface area contributed by atoms with Crippen LogP contribution < -0.4 is 5.32 Å². The highest BCUT2D eigenvalue weighted by atomic mass is 32.1. The topological polar surface area (TPSA) is 76.7 Å². The Bertz CT molecular complexity index is 498. The van der Waals surface area contributed by atoms with Crippen molar-refractivity contribution in [2.75, 3.05) is 12.8 Å². The van der Waals surface area contributed by atoms with Crippen molar-refractivity contribution in [3.63, 3.8) is 0 Å². The Hall–Kier alpha value is -1.98. The highest BCUT2D eigenvalue weighted by Crippen LogP contribution is 2.25. The number of rotatable bonds is 3. The summed E-state index contributed by atoms with van der Waals surface area (Å²) in [6, 6.07) is 10.3. The summed E-state index contributed by atoms with van der Waals surface area (Å²) in [5.41, 5.74) is -0.295. The summed E-state index contributed by atoms with van der Waals surface area (Å²) in [5.74, 6) is -0.325. The monoisotopic (exact) mass is 245 g/mol. The fourth-order valence-electron chi connectivity index (χ4n) is 1.49. The summed E-state index contributed by atoms with van der Waals surface area (Å²) < 4.78 is 0. The minimum Gasteiger partial charge on any atom is -0.357 e. The van der Waals surface area contributed by atoms with Crippen molar-refractivity contribution in [1.29, 1.82) is 10.5 Å². The third-order valence-electron chi connectivity index (χ3n) is 2.55. The molecule has 1 rings (SSSR count). The Kier molecular flexibility index (Phi) is 4.14. The van der Waals surface area contributed by atoms with Gasteiger partial charge in [0.25, 0.3) is 0 Å². The smallest absolute Gasteiger partial charge is 0.245 e. The molecule has 1 atom stereocenters. The fraction of sp³-hybridized carbons (Fsp3) is 0.250. The number of nitrogens with zero attached hydrogens (tertiary/aromatic N) is 2. The van der Waals surface area contributed by atoms with E-state index < -0.39 is 11.3 Å². The molecular weight excluding hydrogens is 234 g/mol. The molecule has 4 nitrogen and oxygen atoms in total. The van der Waals surface area contributed by atoms with Crippen molar-refractivity contribution >= 4 is 18.5 Å². The van der Waals surface area contributed by atoms with Gasteiger partial charge in [0, 0.05) is 12.8 Å². The number of likely N-dealkylation sites (N-methyl/N-ethyl adjacent to an activating group) is 1. The normalized spacial score (nSPS) is 12.9. The molecule has 0 bridgehead atoms. The van der Waals surface area contributed by atoms with E-state index in [0.29, 0.717) is 11.1 Å². The summed E-state index contributed by atoms with van der Waals surface area (Å²) >= 11 is 4.09. The van der Waals surface area contributed by atoms with Gasteiger partial charge in [-0.2, -0.15) is 23.2 Å². The standard InChI is InChI=1S/C12H11N3OS/c1-15-11(16)12(7-14,8-17)10-4-2-9(6-13)3-5-10/h2-5,17H,8H2,1H3,(H,15,16). The van der Waals surface area contributed by atoms with Crippen LogP contribution in [0.5, 0.6) is 0 Å². The van der Waals surface area contributed by atoms with Crippen LogP contribution in [-0.2, 0) is 10.2 Å². The van der Waals surface area contributed by atoms with Gasteiger partial charge in [-0.25, -0.2) is 0 Å². The second-order valence-electron chi connectivity index (χ2n) is 3.44. The number of nitrogens with one attached hydrogen (secondary N) is 1. The molecule has 0 fully saturated rings.